The second-order valence-corrected chi connectivity index (χ2v) is 20.2. The van der Waals surface area contributed by atoms with Gasteiger partial charge in [-0.3, -0.25) is 0 Å². The van der Waals surface area contributed by atoms with Gasteiger partial charge < -0.3 is 9.13 Å². The normalized spacial score (nSPS) is 13.6. The van der Waals surface area contributed by atoms with Crippen molar-refractivity contribution < 1.29 is 0 Å². The van der Waals surface area contributed by atoms with E-state index in [0.29, 0.717) is 0 Å². The lowest BCUT2D eigenvalue weighted by Gasteiger charge is -2.37. The van der Waals surface area contributed by atoms with E-state index < -0.39 is 0 Å². The summed E-state index contributed by atoms with van der Waals surface area (Å²) in [5.74, 6) is 0. The Kier molecular flexibility index (Phi) is 6.07. The topological polar surface area (TPSA) is 9.86 Å². The van der Waals surface area contributed by atoms with Crippen LogP contribution in [-0.4, -0.2) is 15.8 Å². The van der Waals surface area contributed by atoms with Crippen molar-refractivity contribution in [3.8, 4) is 11.4 Å². The molecule has 0 amide bonds. The van der Waals surface area contributed by atoms with Crippen molar-refractivity contribution in [2.45, 2.75) is 67.7 Å². The molecule has 4 heterocycles. The fourth-order valence-corrected chi connectivity index (χ4v) is 12.5. The average molecular weight is 781 g/mol. The van der Waals surface area contributed by atoms with E-state index in [2.05, 4.69) is 181 Å². The maximum Gasteiger partial charge on any atom is 0.252 e. The molecule has 0 saturated heterocycles. The molecule has 290 valence electrons. The molecule has 0 spiro atoms. The van der Waals surface area contributed by atoms with Gasteiger partial charge in [0.2, 0.25) is 0 Å². The van der Waals surface area contributed by atoms with E-state index in [9.17, 15) is 0 Å². The molecule has 2 aromatic heterocycles. The zero-order valence-electron chi connectivity index (χ0n) is 36.4. The Morgan fingerprint density at radius 2 is 0.770 bits per heavy atom. The van der Waals surface area contributed by atoms with Crippen LogP contribution in [0.3, 0.4) is 0 Å². The molecule has 2 nitrogen and oxygen atoms in total. The van der Waals surface area contributed by atoms with Crippen molar-refractivity contribution in [1.82, 2.24) is 9.13 Å². The minimum absolute atomic E-state index is 0.0274. The highest BCUT2D eigenvalue weighted by atomic mass is 15.0. The molecular formula is C58H45BN2. The first-order chi connectivity index (χ1) is 29.4. The molecular weight excluding hydrogens is 735 g/mol. The zero-order valence-corrected chi connectivity index (χ0v) is 36.4. The van der Waals surface area contributed by atoms with Crippen molar-refractivity contribution in [1.29, 1.82) is 0 Å². The van der Waals surface area contributed by atoms with Gasteiger partial charge in [-0.25, -0.2) is 0 Å². The summed E-state index contributed by atoms with van der Waals surface area (Å²) in [6.07, 6.45) is 0. The SMILES string of the molecule is Cc1ccc2c(c1)c1cc(C(C)(C)C)cc3c4cc(C)ccc4c4c5c6c(c2c4c13)-n1c2ccc(C)cc2c2cc(C)cc(c21)B6c1cc(C)cc2c3cc(C)ccc3n-5c12. The summed E-state index contributed by atoms with van der Waals surface area (Å²) in [7, 11) is 0. The third kappa shape index (κ3) is 4.02. The van der Waals surface area contributed by atoms with Crippen LogP contribution in [0.25, 0.3) is 109 Å². The van der Waals surface area contributed by atoms with Crippen LogP contribution in [0, 0.1) is 41.5 Å². The predicted octanol–water partition coefficient (Wildman–Crippen LogP) is 13.4. The van der Waals surface area contributed by atoms with Gasteiger partial charge in [0.25, 0.3) is 6.71 Å². The standard InChI is InChI=1S/C58H45BN2/c1-28-10-14-35-37(18-28)41-26-34(58(7,8)9)27-42-38-19-29(2)11-15-36(38)51-52(49(41)42)50(35)56-53-57(51)61-48-17-13-31(4)21-40(48)44-23-33(6)25-46(55(44)61)59(53)45-24-32(5)22-43-39-20-30(3)12-16-47(39)60(56)54(43)45/h10-27H,1-9H3. The van der Waals surface area contributed by atoms with Crippen LogP contribution < -0.4 is 16.4 Å². The Morgan fingerprint density at radius 3 is 1.21 bits per heavy atom. The first kappa shape index (κ1) is 34.2. The monoisotopic (exact) mass is 780 g/mol. The van der Waals surface area contributed by atoms with Gasteiger partial charge in [-0.1, -0.05) is 115 Å². The van der Waals surface area contributed by atoms with Crippen LogP contribution in [0.2, 0.25) is 0 Å². The van der Waals surface area contributed by atoms with Gasteiger partial charge in [-0.05, 0) is 155 Å². The van der Waals surface area contributed by atoms with E-state index in [0.717, 1.165) is 0 Å². The fourth-order valence-electron chi connectivity index (χ4n) is 12.5. The number of hydrogen-bond acceptors (Lipinski definition) is 0. The number of aryl methyl sites for hydroxylation is 6. The molecule has 0 fully saturated rings. The number of rotatable bonds is 0. The maximum absolute atomic E-state index is 2.72. The van der Waals surface area contributed by atoms with E-state index in [1.165, 1.54) is 164 Å². The molecule has 61 heavy (non-hydrogen) atoms. The van der Waals surface area contributed by atoms with Crippen molar-refractivity contribution in [2.24, 2.45) is 0 Å². The van der Waals surface area contributed by atoms with Gasteiger partial charge in [0.15, 0.2) is 0 Å². The highest BCUT2D eigenvalue weighted by Gasteiger charge is 2.44. The van der Waals surface area contributed by atoms with Gasteiger partial charge in [0, 0.05) is 48.7 Å². The number of benzene rings is 10. The molecule has 0 aliphatic carbocycles. The van der Waals surface area contributed by atoms with Crippen LogP contribution in [-0.2, 0) is 5.41 Å². The van der Waals surface area contributed by atoms with Crippen molar-refractivity contribution in [3.05, 3.63) is 148 Å². The summed E-state index contributed by atoms with van der Waals surface area (Å²) in [5.41, 5.74) is 21.4. The van der Waals surface area contributed by atoms with Crippen LogP contribution in [0.5, 0.6) is 0 Å². The summed E-state index contributed by atoms with van der Waals surface area (Å²) < 4.78 is 5.44. The minimum Gasteiger partial charge on any atom is -0.310 e. The van der Waals surface area contributed by atoms with Crippen LogP contribution in [0.4, 0.5) is 0 Å². The Morgan fingerprint density at radius 1 is 0.361 bits per heavy atom. The van der Waals surface area contributed by atoms with Crippen molar-refractivity contribution in [2.75, 3.05) is 0 Å². The van der Waals surface area contributed by atoms with Crippen molar-refractivity contribution >= 4 is 121 Å². The molecule has 0 bridgehead atoms. The minimum atomic E-state index is -0.0274. The molecule has 0 radical (unpaired) electrons. The lowest BCUT2D eigenvalue weighted by Crippen LogP contribution is -2.59. The number of hydrogen-bond donors (Lipinski definition) is 0. The van der Waals surface area contributed by atoms with Gasteiger partial charge >= 0.3 is 0 Å². The smallest absolute Gasteiger partial charge is 0.252 e. The molecule has 3 heteroatoms. The molecule has 0 saturated carbocycles. The average Bonchev–Trinajstić information content (AvgIpc) is 3.71. The Balaban J connectivity index is 1.40. The van der Waals surface area contributed by atoms with Crippen LogP contribution in [0.15, 0.2) is 109 Å². The Hall–Kier alpha value is -6.58. The summed E-state index contributed by atoms with van der Waals surface area (Å²) in [5, 5.41) is 19.0. The van der Waals surface area contributed by atoms with Crippen LogP contribution >= 0.6 is 0 Å². The molecule has 2 aliphatic rings. The van der Waals surface area contributed by atoms with Gasteiger partial charge in [0.1, 0.15) is 0 Å². The highest BCUT2D eigenvalue weighted by molar-refractivity contribution is 7.01. The molecule has 12 aromatic rings. The molecule has 10 aromatic carbocycles. The lowest BCUT2D eigenvalue weighted by atomic mass is 9.33. The maximum atomic E-state index is 2.72. The third-order valence-electron chi connectivity index (χ3n) is 14.9. The van der Waals surface area contributed by atoms with E-state index in [-0.39, 0.29) is 12.1 Å². The molecule has 14 rings (SSSR count). The van der Waals surface area contributed by atoms with E-state index >= 15 is 0 Å². The second kappa shape index (κ2) is 10.8. The molecule has 0 unspecified atom stereocenters. The highest BCUT2D eigenvalue weighted by Crippen LogP contribution is 2.53. The summed E-state index contributed by atoms with van der Waals surface area (Å²) >= 11 is 0. The van der Waals surface area contributed by atoms with E-state index in [1.807, 2.05) is 0 Å². The van der Waals surface area contributed by atoms with Crippen molar-refractivity contribution in [3.63, 3.8) is 0 Å². The predicted molar refractivity (Wildman–Crippen MR) is 266 cm³/mol. The summed E-state index contributed by atoms with van der Waals surface area (Å²) in [6, 6.07) is 44.0. The first-order valence-corrected chi connectivity index (χ1v) is 22.1. The third-order valence-corrected chi connectivity index (χ3v) is 14.9. The first-order valence-electron chi connectivity index (χ1n) is 22.1. The Labute approximate surface area is 355 Å². The fraction of sp³-hybridized carbons (Fsp3) is 0.172. The van der Waals surface area contributed by atoms with Gasteiger partial charge in [-0.15, -0.1) is 0 Å². The molecule has 0 atom stereocenters. The summed E-state index contributed by atoms with van der Waals surface area (Å²) in [4.78, 5) is 0. The molecule has 0 N–H and O–H groups in total. The largest absolute Gasteiger partial charge is 0.310 e. The van der Waals surface area contributed by atoms with E-state index in [4.69, 9.17) is 0 Å². The zero-order chi connectivity index (χ0) is 41.3. The van der Waals surface area contributed by atoms with Crippen LogP contribution in [0.1, 0.15) is 59.7 Å². The number of fused-ring (bicyclic) bond motifs is 18. The second-order valence-electron chi connectivity index (χ2n) is 20.2. The van der Waals surface area contributed by atoms with Gasteiger partial charge in [0.05, 0.1) is 22.4 Å². The van der Waals surface area contributed by atoms with Gasteiger partial charge in [-0.2, -0.15) is 0 Å². The number of aromatic nitrogens is 2. The Bertz CT molecular complexity index is 3840. The number of nitrogens with zero attached hydrogens (tertiary/aromatic N) is 2. The van der Waals surface area contributed by atoms with E-state index in [1.54, 1.807) is 0 Å². The quantitative estimate of drug-likeness (QED) is 0.0824. The molecule has 2 aliphatic heterocycles. The lowest BCUT2D eigenvalue weighted by molar-refractivity contribution is 0.592. The summed E-state index contributed by atoms with van der Waals surface area (Å²) in [6.45, 7) is 20.8.